The molecule has 3 N–H and O–H groups in total. The first-order valence-corrected chi connectivity index (χ1v) is 9.24. The molecule has 0 saturated carbocycles. The van der Waals surface area contributed by atoms with Crippen LogP contribution in [0.3, 0.4) is 0 Å². The number of hydrogen-bond acceptors (Lipinski definition) is 5. The number of sulfone groups is 1. The van der Waals surface area contributed by atoms with Crippen LogP contribution in [0, 0.1) is 0 Å². The Labute approximate surface area is 135 Å². The van der Waals surface area contributed by atoms with Crippen LogP contribution in [0.5, 0.6) is 5.75 Å². The third-order valence-electron chi connectivity index (χ3n) is 2.85. The molecule has 0 aliphatic heterocycles. The van der Waals surface area contributed by atoms with Crippen molar-refractivity contribution in [2.75, 3.05) is 18.6 Å². The van der Waals surface area contributed by atoms with Gasteiger partial charge in [0.1, 0.15) is 21.7 Å². The lowest BCUT2D eigenvalue weighted by atomic mass is 10.2. The summed E-state index contributed by atoms with van der Waals surface area (Å²) < 4.78 is 27.7. The minimum atomic E-state index is -3.12. The molecule has 0 aromatic heterocycles. The van der Waals surface area contributed by atoms with E-state index in [0.717, 1.165) is 6.26 Å². The summed E-state index contributed by atoms with van der Waals surface area (Å²) in [5, 5.41) is 3.26. The molecular formula is C14H21ClN2O4S. The molecule has 22 heavy (non-hydrogen) atoms. The number of amides is 1. The van der Waals surface area contributed by atoms with Crippen LogP contribution in [-0.4, -0.2) is 45.0 Å². The Kier molecular flexibility index (Phi) is 7.12. The lowest BCUT2D eigenvalue weighted by molar-refractivity contribution is -0.122. The highest BCUT2D eigenvalue weighted by Gasteiger charge is 2.16. The molecule has 0 aliphatic rings. The van der Waals surface area contributed by atoms with E-state index in [1.807, 2.05) is 0 Å². The molecule has 2 unspecified atom stereocenters. The van der Waals surface area contributed by atoms with Gasteiger partial charge in [-0.1, -0.05) is 11.6 Å². The minimum absolute atomic E-state index is 0.0943. The molecule has 0 fully saturated rings. The summed E-state index contributed by atoms with van der Waals surface area (Å²) in [6.45, 7) is 2.07. The topological polar surface area (TPSA) is 98.5 Å². The zero-order valence-electron chi connectivity index (χ0n) is 12.6. The molecule has 0 spiro atoms. The lowest BCUT2D eigenvalue weighted by Crippen LogP contribution is -2.44. The monoisotopic (exact) mass is 348 g/mol. The fraction of sp³-hybridized carbons (Fsp3) is 0.500. The van der Waals surface area contributed by atoms with Crippen LogP contribution in [0.1, 0.15) is 13.3 Å². The number of nitrogens with one attached hydrogen (secondary N) is 1. The molecule has 0 radical (unpaired) electrons. The Hall–Kier alpha value is -1.31. The summed E-state index contributed by atoms with van der Waals surface area (Å²) in [7, 11) is -3.12. The van der Waals surface area contributed by atoms with Crippen molar-refractivity contribution >= 4 is 27.3 Å². The Morgan fingerprint density at radius 1 is 1.36 bits per heavy atom. The summed E-state index contributed by atoms with van der Waals surface area (Å²) in [6, 6.07) is 6.04. The van der Waals surface area contributed by atoms with Crippen molar-refractivity contribution in [3.05, 3.63) is 29.3 Å². The maximum atomic E-state index is 11.8. The molecule has 1 aromatic carbocycles. The van der Waals surface area contributed by atoms with Gasteiger partial charge >= 0.3 is 0 Å². The first kappa shape index (κ1) is 18.7. The third-order valence-corrected chi connectivity index (χ3v) is 4.08. The van der Waals surface area contributed by atoms with Gasteiger partial charge in [0.05, 0.1) is 18.3 Å². The van der Waals surface area contributed by atoms with Crippen LogP contribution < -0.4 is 15.8 Å². The number of carbonyl (C=O) groups is 1. The highest BCUT2D eigenvalue weighted by Crippen LogP contribution is 2.16. The second-order valence-corrected chi connectivity index (χ2v) is 7.85. The normalized spacial score (nSPS) is 14.2. The summed E-state index contributed by atoms with van der Waals surface area (Å²) in [5.74, 6) is 0.140. The van der Waals surface area contributed by atoms with E-state index < -0.39 is 21.8 Å². The maximum Gasteiger partial charge on any atom is 0.237 e. The molecule has 6 nitrogen and oxygen atoms in total. The van der Waals surface area contributed by atoms with E-state index in [4.69, 9.17) is 22.1 Å². The standard InChI is InChI=1S/C14H21ClN2O4S/c1-10(21-12-5-3-11(15)4-6-12)9-17-14(18)13(16)7-8-22(2,19)20/h3-6,10,13H,7-9,16H2,1-2H3,(H,17,18). The Morgan fingerprint density at radius 2 is 1.95 bits per heavy atom. The Balaban J connectivity index is 2.34. The van der Waals surface area contributed by atoms with Crippen LogP contribution >= 0.6 is 11.6 Å². The molecule has 1 rings (SSSR count). The van der Waals surface area contributed by atoms with Gasteiger partial charge in [0.2, 0.25) is 5.91 Å². The summed E-state index contributed by atoms with van der Waals surface area (Å²) in [4.78, 5) is 11.8. The lowest BCUT2D eigenvalue weighted by Gasteiger charge is -2.17. The smallest absolute Gasteiger partial charge is 0.237 e. The molecule has 1 aromatic rings. The first-order valence-electron chi connectivity index (χ1n) is 6.80. The molecule has 0 saturated heterocycles. The summed E-state index contributed by atoms with van der Waals surface area (Å²) in [5.41, 5.74) is 5.65. The van der Waals surface area contributed by atoms with Crippen LogP contribution in [0.2, 0.25) is 5.02 Å². The van der Waals surface area contributed by atoms with Gasteiger partial charge in [-0.25, -0.2) is 8.42 Å². The van der Waals surface area contributed by atoms with Crippen molar-refractivity contribution in [2.45, 2.75) is 25.5 Å². The highest BCUT2D eigenvalue weighted by atomic mass is 35.5. The van der Waals surface area contributed by atoms with E-state index in [0.29, 0.717) is 10.8 Å². The second kappa shape index (κ2) is 8.36. The van der Waals surface area contributed by atoms with Crippen molar-refractivity contribution in [3.63, 3.8) is 0 Å². The van der Waals surface area contributed by atoms with E-state index >= 15 is 0 Å². The average Bonchev–Trinajstić information content (AvgIpc) is 2.44. The predicted octanol–water partition coefficient (Wildman–Crippen LogP) is 0.986. The number of hydrogen-bond donors (Lipinski definition) is 2. The fourth-order valence-corrected chi connectivity index (χ4v) is 2.44. The fourth-order valence-electron chi connectivity index (χ4n) is 1.63. The summed E-state index contributed by atoms with van der Waals surface area (Å²) >= 11 is 5.78. The molecule has 8 heteroatoms. The van der Waals surface area contributed by atoms with Crippen LogP contribution in [0.15, 0.2) is 24.3 Å². The van der Waals surface area contributed by atoms with Gasteiger partial charge in [0, 0.05) is 11.3 Å². The van der Waals surface area contributed by atoms with Gasteiger partial charge < -0.3 is 15.8 Å². The molecular weight excluding hydrogens is 328 g/mol. The van der Waals surface area contributed by atoms with Crippen molar-refractivity contribution in [2.24, 2.45) is 5.73 Å². The zero-order valence-corrected chi connectivity index (χ0v) is 14.2. The van der Waals surface area contributed by atoms with E-state index in [-0.39, 0.29) is 24.8 Å². The maximum absolute atomic E-state index is 11.8. The van der Waals surface area contributed by atoms with Crippen LogP contribution in [0.25, 0.3) is 0 Å². The number of benzene rings is 1. The van der Waals surface area contributed by atoms with Crippen LogP contribution in [0.4, 0.5) is 0 Å². The van der Waals surface area contributed by atoms with Crippen molar-refractivity contribution < 1.29 is 17.9 Å². The van der Waals surface area contributed by atoms with Gasteiger partial charge in [-0.15, -0.1) is 0 Å². The Morgan fingerprint density at radius 3 is 2.50 bits per heavy atom. The van der Waals surface area contributed by atoms with E-state index in [1.165, 1.54) is 0 Å². The van der Waals surface area contributed by atoms with Gasteiger partial charge in [-0.2, -0.15) is 0 Å². The van der Waals surface area contributed by atoms with Crippen molar-refractivity contribution in [1.82, 2.24) is 5.32 Å². The van der Waals surface area contributed by atoms with Crippen molar-refractivity contribution in [1.29, 1.82) is 0 Å². The molecule has 0 bridgehead atoms. The number of nitrogens with two attached hydrogens (primary N) is 1. The zero-order chi connectivity index (χ0) is 16.8. The number of rotatable bonds is 8. The van der Waals surface area contributed by atoms with Gasteiger partial charge in [-0.05, 0) is 37.6 Å². The van der Waals surface area contributed by atoms with E-state index in [1.54, 1.807) is 31.2 Å². The molecule has 124 valence electrons. The number of ether oxygens (including phenoxy) is 1. The highest BCUT2D eigenvalue weighted by molar-refractivity contribution is 7.90. The molecule has 2 atom stereocenters. The van der Waals surface area contributed by atoms with Crippen LogP contribution in [-0.2, 0) is 14.6 Å². The molecule has 0 aliphatic carbocycles. The predicted molar refractivity (Wildman–Crippen MR) is 86.9 cm³/mol. The third kappa shape index (κ3) is 7.63. The minimum Gasteiger partial charge on any atom is -0.489 e. The quantitative estimate of drug-likeness (QED) is 0.729. The summed E-state index contributed by atoms with van der Waals surface area (Å²) in [6.07, 6.45) is 0.948. The van der Waals surface area contributed by atoms with E-state index in [2.05, 4.69) is 5.32 Å². The van der Waals surface area contributed by atoms with Gasteiger partial charge in [0.15, 0.2) is 0 Å². The molecule has 0 heterocycles. The largest absolute Gasteiger partial charge is 0.489 e. The van der Waals surface area contributed by atoms with Crippen molar-refractivity contribution in [3.8, 4) is 5.75 Å². The van der Waals surface area contributed by atoms with Gasteiger partial charge in [0.25, 0.3) is 0 Å². The van der Waals surface area contributed by atoms with Gasteiger partial charge in [-0.3, -0.25) is 4.79 Å². The average molecular weight is 349 g/mol. The van der Waals surface area contributed by atoms with E-state index in [9.17, 15) is 13.2 Å². The SMILES string of the molecule is CC(CNC(=O)C(N)CCS(C)(=O)=O)Oc1ccc(Cl)cc1. The second-order valence-electron chi connectivity index (χ2n) is 5.15. The number of carbonyl (C=O) groups excluding carboxylic acids is 1. The first-order chi connectivity index (χ1) is 10.2. The molecule has 1 amide bonds. The Bertz CT molecular complexity index is 589. The number of halogens is 1.